The first-order valence-corrected chi connectivity index (χ1v) is 8.89. The second kappa shape index (κ2) is 8.71. The van der Waals surface area contributed by atoms with Crippen LogP contribution in [0.25, 0.3) is 0 Å². The molecule has 26 heavy (non-hydrogen) atoms. The summed E-state index contributed by atoms with van der Waals surface area (Å²) in [6.07, 6.45) is -0.0939. The largest absolute Gasteiger partial charge is 0.456 e. The van der Waals surface area contributed by atoms with E-state index in [0.717, 1.165) is 15.3 Å². The molecule has 0 saturated carbocycles. The lowest BCUT2D eigenvalue weighted by atomic mass is 10.1. The minimum absolute atomic E-state index is 0.0179. The highest BCUT2D eigenvalue weighted by Crippen LogP contribution is 2.22. The standard InChI is InChI=1S/C19H20FNO4S/c1-11-4-5-16(15(20)8-11)21-18(23)10-25-19(24)7-6-17(22)14-9-12(2)26-13(14)3/h4-5,8-9H,6-7,10H2,1-3H3,(H,21,23). The van der Waals surface area contributed by atoms with E-state index in [-0.39, 0.29) is 24.3 Å². The summed E-state index contributed by atoms with van der Waals surface area (Å²) in [5, 5.41) is 2.34. The highest BCUT2D eigenvalue weighted by molar-refractivity contribution is 7.12. The molecule has 0 bridgehead atoms. The van der Waals surface area contributed by atoms with Gasteiger partial charge >= 0.3 is 5.97 Å². The van der Waals surface area contributed by atoms with Crippen molar-refractivity contribution in [2.75, 3.05) is 11.9 Å². The highest BCUT2D eigenvalue weighted by atomic mass is 32.1. The number of nitrogens with one attached hydrogen (secondary N) is 1. The Hall–Kier alpha value is -2.54. The fourth-order valence-electron chi connectivity index (χ4n) is 2.38. The number of amides is 1. The number of hydrogen-bond acceptors (Lipinski definition) is 5. The van der Waals surface area contributed by atoms with Crippen LogP contribution in [0.15, 0.2) is 24.3 Å². The van der Waals surface area contributed by atoms with Gasteiger partial charge in [-0.05, 0) is 44.5 Å². The first kappa shape index (κ1) is 19.8. The maximum Gasteiger partial charge on any atom is 0.306 e. The van der Waals surface area contributed by atoms with Crippen LogP contribution < -0.4 is 5.32 Å². The van der Waals surface area contributed by atoms with Crippen molar-refractivity contribution in [1.82, 2.24) is 0 Å². The fourth-order valence-corrected chi connectivity index (χ4v) is 3.33. The Bertz CT molecular complexity index is 844. The summed E-state index contributed by atoms with van der Waals surface area (Å²) in [5.41, 5.74) is 1.37. The second-order valence-corrected chi connectivity index (χ2v) is 7.40. The Morgan fingerprint density at radius 2 is 1.85 bits per heavy atom. The van der Waals surface area contributed by atoms with Crippen molar-refractivity contribution in [3.8, 4) is 0 Å². The molecule has 1 N–H and O–H groups in total. The molecule has 7 heteroatoms. The van der Waals surface area contributed by atoms with E-state index in [4.69, 9.17) is 4.74 Å². The molecule has 0 unspecified atom stereocenters. The average molecular weight is 377 g/mol. The fraction of sp³-hybridized carbons (Fsp3) is 0.316. The van der Waals surface area contributed by atoms with Gasteiger partial charge in [0.05, 0.1) is 12.1 Å². The van der Waals surface area contributed by atoms with Crippen LogP contribution in [-0.2, 0) is 14.3 Å². The van der Waals surface area contributed by atoms with Gasteiger partial charge in [0.2, 0.25) is 0 Å². The third-order valence-corrected chi connectivity index (χ3v) is 4.63. The lowest BCUT2D eigenvalue weighted by Gasteiger charge is -2.08. The summed E-state index contributed by atoms with van der Waals surface area (Å²) in [4.78, 5) is 37.5. The maximum atomic E-state index is 13.7. The molecule has 1 heterocycles. The number of carbonyl (C=O) groups excluding carboxylic acids is 3. The third kappa shape index (κ3) is 5.49. The number of aryl methyl sites for hydroxylation is 3. The molecular weight excluding hydrogens is 357 g/mol. The van der Waals surface area contributed by atoms with Crippen molar-refractivity contribution in [3.05, 3.63) is 51.0 Å². The molecule has 0 fully saturated rings. The molecule has 1 aromatic carbocycles. The number of carbonyl (C=O) groups is 3. The maximum absolute atomic E-state index is 13.7. The van der Waals surface area contributed by atoms with Crippen molar-refractivity contribution < 1.29 is 23.5 Å². The molecule has 0 aliphatic rings. The zero-order valence-corrected chi connectivity index (χ0v) is 15.7. The first-order chi connectivity index (χ1) is 12.3. The molecule has 0 atom stereocenters. The van der Waals surface area contributed by atoms with Gasteiger partial charge in [-0.3, -0.25) is 14.4 Å². The number of hydrogen-bond donors (Lipinski definition) is 1. The summed E-state index contributed by atoms with van der Waals surface area (Å²) in [7, 11) is 0. The van der Waals surface area contributed by atoms with E-state index in [1.807, 2.05) is 13.8 Å². The summed E-state index contributed by atoms with van der Waals surface area (Å²) in [6, 6.07) is 6.19. The van der Waals surface area contributed by atoms with Crippen LogP contribution in [-0.4, -0.2) is 24.3 Å². The number of ether oxygens (including phenoxy) is 1. The van der Waals surface area contributed by atoms with Gasteiger partial charge in [0.1, 0.15) is 5.82 Å². The molecule has 1 aromatic heterocycles. The SMILES string of the molecule is Cc1ccc(NC(=O)COC(=O)CCC(=O)c2cc(C)sc2C)c(F)c1. The summed E-state index contributed by atoms with van der Waals surface area (Å²) >= 11 is 1.53. The monoisotopic (exact) mass is 377 g/mol. The predicted octanol–water partition coefficient (Wildman–Crippen LogP) is 3.96. The number of ketones is 1. The van der Waals surface area contributed by atoms with E-state index >= 15 is 0 Å². The van der Waals surface area contributed by atoms with Crippen LogP contribution in [0.4, 0.5) is 10.1 Å². The average Bonchev–Trinajstić information content (AvgIpc) is 2.92. The first-order valence-electron chi connectivity index (χ1n) is 8.08. The van der Waals surface area contributed by atoms with Crippen LogP contribution >= 0.6 is 11.3 Å². The number of halogens is 1. The Balaban J connectivity index is 1.76. The van der Waals surface area contributed by atoms with Crippen molar-refractivity contribution in [2.24, 2.45) is 0 Å². The van der Waals surface area contributed by atoms with Crippen molar-refractivity contribution >= 4 is 34.7 Å². The van der Waals surface area contributed by atoms with E-state index < -0.39 is 24.3 Å². The molecule has 5 nitrogen and oxygen atoms in total. The normalized spacial score (nSPS) is 10.5. The van der Waals surface area contributed by atoms with E-state index in [0.29, 0.717) is 5.56 Å². The molecule has 1 amide bonds. The zero-order chi connectivity index (χ0) is 19.3. The molecule has 138 valence electrons. The molecule has 2 rings (SSSR count). The van der Waals surface area contributed by atoms with E-state index in [9.17, 15) is 18.8 Å². The number of Topliss-reactive ketones (excluding diaryl/α,β-unsaturated/α-hetero) is 1. The van der Waals surface area contributed by atoms with Crippen LogP contribution in [0.5, 0.6) is 0 Å². The number of benzene rings is 1. The van der Waals surface area contributed by atoms with Gasteiger partial charge < -0.3 is 10.1 Å². The van der Waals surface area contributed by atoms with Gasteiger partial charge in [-0.15, -0.1) is 11.3 Å². The summed E-state index contributed by atoms with van der Waals surface area (Å²) < 4.78 is 18.5. The van der Waals surface area contributed by atoms with Crippen LogP contribution in [0.1, 0.15) is 38.5 Å². The predicted molar refractivity (Wildman–Crippen MR) is 98.1 cm³/mol. The number of thiophene rings is 1. The lowest BCUT2D eigenvalue weighted by molar-refractivity contribution is -0.147. The molecule has 2 aromatic rings. The van der Waals surface area contributed by atoms with Crippen molar-refractivity contribution in [3.63, 3.8) is 0 Å². The van der Waals surface area contributed by atoms with Crippen LogP contribution in [0.3, 0.4) is 0 Å². The summed E-state index contributed by atoms with van der Waals surface area (Å²) in [5.74, 6) is -1.98. The van der Waals surface area contributed by atoms with Crippen LogP contribution in [0.2, 0.25) is 0 Å². The van der Waals surface area contributed by atoms with Gasteiger partial charge in [0.25, 0.3) is 5.91 Å². The Morgan fingerprint density at radius 1 is 1.12 bits per heavy atom. The molecule has 0 saturated heterocycles. The second-order valence-electron chi connectivity index (χ2n) is 5.94. The van der Waals surface area contributed by atoms with E-state index in [2.05, 4.69) is 5.32 Å². The quantitative estimate of drug-likeness (QED) is 0.586. The van der Waals surface area contributed by atoms with E-state index in [1.54, 1.807) is 19.1 Å². The smallest absolute Gasteiger partial charge is 0.306 e. The Labute approximate surface area is 155 Å². The van der Waals surface area contributed by atoms with Crippen LogP contribution in [0, 0.1) is 26.6 Å². The van der Waals surface area contributed by atoms with Crippen molar-refractivity contribution in [2.45, 2.75) is 33.6 Å². The molecule has 0 spiro atoms. The topological polar surface area (TPSA) is 72.5 Å². The Morgan fingerprint density at radius 3 is 2.46 bits per heavy atom. The minimum Gasteiger partial charge on any atom is -0.456 e. The minimum atomic E-state index is -0.650. The molecule has 0 aliphatic carbocycles. The third-order valence-electron chi connectivity index (χ3n) is 3.66. The van der Waals surface area contributed by atoms with Crippen molar-refractivity contribution in [1.29, 1.82) is 0 Å². The molecule has 0 radical (unpaired) electrons. The number of anilines is 1. The highest BCUT2D eigenvalue weighted by Gasteiger charge is 2.15. The van der Waals surface area contributed by atoms with Gasteiger partial charge in [-0.25, -0.2) is 4.39 Å². The number of rotatable bonds is 7. The lowest BCUT2D eigenvalue weighted by Crippen LogP contribution is -2.21. The Kier molecular flexibility index (Phi) is 6.63. The van der Waals surface area contributed by atoms with Gasteiger partial charge in [0.15, 0.2) is 12.4 Å². The van der Waals surface area contributed by atoms with Gasteiger partial charge in [-0.2, -0.15) is 0 Å². The van der Waals surface area contributed by atoms with E-state index in [1.165, 1.54) is 23.5 Å². The zero-order valence-electron chi connectivity index (χ0n) is 14.8. The summed E-state index contributed by atoms with van der Waals surface area (Å²) in [6.45, 7) is 4.98. The number of esters is 1. The van der Waals surface area contributed by atoms with Gasteiger partial charge in [-0.1, -0.05) is 6.07 Å². The van der Waals surface area contributed by atoms with Gasteiger partial charge in [0, 0.05) is 21.7 Å². The molecule has 0 aliphatic heterocycles. The molecular formula is C19H20FNO4S.